The van der Waals surface area contributed by atoms with Crippen molar-refractivity contribution in [1.82, 2.24) is 10.2 Å². The lowest BCUT2D eigenvalue weighted by molar-refractivity contribution is -0.146. The fourth-order valence-corrected chi connectivity index (χ4v) is 3.03. The van der Waals surface area contributed by atoms with Crippen LogP contribution in [-0.2, 0) is 10.3 Å². The first-order valence-corrected chi connectivity index (χ1v) is 7.95. The van der Waals surface area contributed by atoms with E-state index in [9.17, 15) is 9.90 Å². The minimum absolute atomic E-state index is 0.534. The third-order valence-electron chi connectivity index (χ3n) is 4.22. The average Bonchev–Trinajstić information content (AvgIpc) is 2.53. The summed E-state index contributed by atoms with van der Waals surface area (Å²) in [6.45, 7) is 5.29. The van der Waals surface area contributed by atoms with Crippen molar-refractivity contribution in [3.05, 3.63) is 35.9 Å². The summed E-state index contributed by atoms with van der Waals surface area (Å²) in [6, 6.07) is 9.59. The zero-order chi connectivity index (χ0) is 15.1. The van der Waals surface area contributed by atoms with Gasteiger partial charge < -0.3 is 10.0 Å². The summed E-state index contributed by atoms with van der Waals surface area (Å²) in [5.41, 5.74) is -0.161. The number of hydrogen-bond acceptors (Lipinski definition) is 3. The second kappa shape index (κ2) is 7.57. The van der Waals surface area contributed by atoms with Gasteiger partial charge in [-0.2, -0.15) is 0 Å². The lowest BCUT2D eigenvalue weighted by Gasteiger charge is -2.38. The number of hydrogen-bond donors (Lipinski definition) is 2. The normalized spacial score (nSPS) is 19.1. The van der Waals surface area contributed by atoms with Gasteiger partial charge in [-0.05, 0) is 44.5 Å². The molecule has 0 aromatic heterocycles. The first-order valence-electron chi connectivity index (χ1n) is 7.95. The van der Waals surface area contributed by atoms with Gasteiger partial charge >= 0.3 is 5.97 Å². The molecule has 1 aromatic rings. The van der Waals surface area contributed by atoms with E-state index in [1.165, 1.54) is 6.42 Å². The molecule has 0 spiro atoms. The van der Waals surface area contributed by atoms with Gasteiger partial charge in [0.25, 0.3) is 0 Å². The van der Waals surface area contributed by atoms with E-state index >= 15 is 0 Å². The second-order valence-electron chi connectivity index (χ2n) is 5.84. The first-order chi connectivity index (χ1) is 10.2. The van der Waals surface area contributed by atoms with Crippen LogP contribution in [-0.4, -0.2) is 42.2 Å². The van der Waals surface area contributed by atoms with Crippen LogP contribution in [0.1, 0.15) is 38.2 Å². The van der Waals surface area contributed by atoms with Crippen molar-refractivity contribution in [2.75, 3.05) is 26.2 Å². The number of likely N-dealkylation sites (tertiary alicyclic amines) is 1. The molecule has 0 aliphatic carbocycles. The standard InChI is InChI=1S/C17H26N2O2/c1-2-11-18-17(16(20)21,15-9-5-3-6-10-15)14-19-12-7-4-8-13-19/h3,5-6,9-10,18H,2,4,7-8,11-14H2,1H3,(H,20,21). The zero-order valence-electron chi connectivity index (χ0n) is 12.8. The number of carbonyl (C=O) groups is 1. The second-order valence-corrected chi connectivity index (χ2v) is 5.84. The largest absolute Gasteiger partial charge is 0.480 e. The van der Waals surface area contributed by atoms with Crippen LogP contribution in [0.25, 0.3) is 0 Å². The zero-order valence-corrected chi connectivity index (χ0v) is 12.8. The Labute approximate surface area is 127 Å². The van der Waals surface area contributed by atoms with Crippen LogP contribution in [0.15, 0.2) is 30.3 Å². The van der Waals surface area contributed by atoms with E-state index in [0.29, 0.717) is 13.1 Å². The van der Waals surface area contributed by atoms with Crippen molar-refractivity contribution in [2.24, 2.45) is 0 Å². The highest BCUT2D eigenvalue weighted by Crippen LogP contribution is 2.25. The maximum atomic E-state index is 12.1. The minimum Gasteiger partial charge on any atom is -0.480 e. The van der Waals surface area contributed by atoms with Gasteiger partial charge in [0.1, 0.15) is 0 Å². The predicted molar refractivity (Wildman–Crippen MR) is 84.3 cm³/mol. The Bertz CT molecular complexity index is 443. The van der Waals surface area contributed by atoms with Crippen LogP contribution in [0.3, 0.4) is 0 Å². The number of benzene rings is 1. The summed E-state index contributed by atoms with van der Waals surface area (Å²) in [5, 5.41) is 13.3. The van der Waals surface area contributed by atoms with E-state index in [1.54, 1.807) is 0 Å². The monoisotopic (exact) mass is 290 g/mol. The number of aliphatic carboxylic acids is 1. The number of rotatable bonds is 7. The fourth-order valence-electron chi connectivity index (χ4n) is 3.03. The lowest BCUT2D eigenvalue weighted by Crippen LogP contribution is -2.57. The number of nitrogens with zero attached hydrogens (tertiary/aromatic N) is 1. The van der Waals surface area contributed by atoms with Gasteiger partial charge in [-0.15, -0.1) is 0 Å². The minimum atomic E-state index is -1.01. The highest BCUT2D eigenvalue weighted by Gasteiger charge is 2.41. The molecule has 0 saturated carbocycles. The van der Waals surface area contributed by atoms with Crippen LogP contribution in [0.2, 0.25) is 0 Å². The average molecular weight is 290 g/mol. The molecule has 116 valence electrons. The van der Waals surface area contributed by atoms with Gasteiger partial charge in [0.15, 0.2) is 5.54 Å². The van der Waals surface area contributed by atoms with E-state index in [0.717, 1.165) is 37.9 Å². The fraction of sp³-hybridized carbons (Fsp3) is 0.588. The molecular weight excluding hydrogens is 264 g/mol. The predicted octanol–water partition coefficient (Wildman–Crippen LogP) is 2.45. The van der Waals surface area contributed by atoms with Crippen LogP contribution in [0, 0.1) is 0 Å². The van der Waals surface area contributed by atoms with Gasteiger partial charge in [0.2, 0.25) is 0 Å². The van der Waals surface area contributed by atoms with E-state index < -0.39 is 11.5 Å². The third kappa shape index (κ3) is 3.83. The SMILES string of the molecule is CCCNC(CN1CCCCC1)(C(=O)O)c1ccccc1. The maximum absolute atomic E-state index is 12.1. The molecule has 2 N–H and O–H groups in total. The summed E-state index contributed by atoms with van der Waals surface area (Å²) in [7, 11) is 0. The maximum Gasteiger partial charge on any atom is 0.329 e. The van der Waals surface area contributed by atoms with Crippen molar-refractivity contribution < 1.29 is 9.90 Å². The quantitative estimate of drug-likeness (QED) is 0.810. The molecule has 4 heteroatoms. The summed E-state index contributed by atoms with van der Waals surface area (Å²) >= 11 is 0. The molecule has 1 aliphatic heterocycles. The first kappa shape index (κ1) is 16.0. The van der Waals surface area contributed by atoms with Gasteiger partial charge in [-0.1, -0.05) is 43.7 Å². The van der Waals surface area contributed by atoms with E-state index in [1.807, 2.05) is 30.3 Å². The summed E-state index contributed by atoms with van der Waals surface area (Å²) < 4.78 is 0. The van der Waals surface area contributed by atoms with Crippen LogP contribution < -0.4 is 5.32 Å². The molecule has 1 fully saturated rings. The molecule has 2 rings (SSSR count). The van der Waals surface area contributed by atoms with Gasteiger partial charge in [-0.3, -0.25) is 5.32 Å². The molecule has 1 unspecified atom stereocenters. The van der Waals surface area contributed by atoms with Gasteiger partial charge in [0.05, 0.1) is 0 Å². The Morgan fingerprint density at radius 3 is 2.48 bits per heavy atom. The molecule has 0 amide bonds. The van der Waals surface area contributed by atoms with Crippen molar-refractivity contribution in [1.29, 1.82) is 0 Å². The molecule has 1 aromatic carbocycles. The van der Waals surface area contributed by atoms with Crippen molar-refractivity contribution in [2.45, 2.75) is 38.1 Å². The molecule has 21 heavy (non-hydrogen) atoms. The Morgan fingerprint density at radius 1 is 1.24 bits per heavy atom. The summed E-state index contributed by atoms with van der Waals surface area (Å²) in [5.74, 6) is -0.785. The van der Waals surface area contributed by atoms with Gasteiger partial charge in [-0.25, -0.2) is 4.79 Å². The highest BCUT2D eigenvalue weighted by atomic mass is 16.4. The molecule has 1 heterocycles. The summed E-state index contributed by atoms with van der Waals surface area (Å²) in [4.78, 5) is 14.4. The Balaban J connectivity index is 2.28. The van der Waals surface area contributed by atoms with Crippen LogP contribution >= 0.6 is 0 Å². The highest BCUT2D eigenvalue weighted by molar-refractivity contribution is 5.81. The molecule has 0 bridgehead atoms. The van der Waals surface area contributed by atoms with E-state index in [2.05, 4.69) is 17.1 Å². The topological polar surface area (TPSA) is 52.6 Å². The molecule has 1 aliphatic rings. The molecule has 0 radical (unpaired) electrons. The smallest absolute Gasteiger partial charge is 0.329 e. The van der Waals surface area contributed by atoms with Crippen molar-refractivity contribution >= 4 is 5.97 Å². The molecule has 4 nitrogen and oxygen atoms in total. The van der Waals surface area contributed by atoms with E-state index in [-0.39, 0.29) is 0 Å². The third-order valence-corrected chi connectivity index (χ3v) is 4.22. The number of nitrogens with one attached hydrogen (secondary N) is 1. The summed E-state index contributed by atoms with van der Waals surface area (Å²) in [6.07, 6.45) is 4.50. The number of carboxylic acid groups (broad SMARTS) is 1. The molecular formula is C17H26N2O2. The van der Waals surface area contributed by atoms with Crippen LogP contribution in [0.5, 0.6) is 0 Å². The number of piperidine rings is 1. The number of carboxylic acids is 1. The lowest BCUT2D eigenvalue weighted by atomic mass is 9.88. The van der Waals surface area contributed by atoms with Crippen molar-refractivity contribution in [3.63, 3.8) is 0 Å². The van der Waals surface area contributed by atoms with Crippen molar-refractivity contribution in [3.8, 4) is 0 Å². The van der Waals surface area contributed by atoms with Gasteiger partial charge in [0, 0.05) is 6.54 Å². The Morgan fingerprint density at radius 2 is 1.90 bits per heavy atom. The molecule has 1 saturated heterocycles. The molecule has 1 atom stereocenters. The van der Waals surface area contributed by atoms with E-state index in [4.69, 9.17) is 0 Å². The Hall–Kier alpha value is -1.39. The van der Waals surface area contributed by atoms with Crippen LogP contribution in [0.4, 0.5) is 0 Å². The Kier molecular flexibility index (Phi) is 5.76.